The van der Waals surface area contributed by atoms with Crippen LogP contribution in [-0.4, -0.2) is 36.9 Å². The minimum atomic E-state index is -4.50. The number of nitrogens with zero attached hydrogens (tertiary/aromatic N) is 2. The second-order valence-electron chi connectivity index (χ2n) is 5.93. The van der Waals surface area contributed by atoms with Gasteiger partial charge in [0.1, 0.15) is 0 Å². The van der Waals surface area contributed by atoms with Gasteiger partial charge in [0, 0.05) is 19.3 Å². The van der Waals surface area contributed by atoms with Gasteiger partial charge >= 0.3 is 6.18 Å². The molecule has 0 N–H and O–H groups in total. The third kappa shape index (κ3) is 4.22. The van der Waals surface area contributed by atoms with E-state index in [0.29, 0.717) is 6.42 Å². The standard InChI is InChI=1S/C17H17F3N2O3S/c18-17(19,20)13-4-6-16(7-5-13)26(23,24)22-10-8-15(11-22)25-12-14-3-1-2-9-21-14/h1-7,9,15H,8,10-12H2/t15-/m0/s1. The number of rotatable bonds is 5. The summed E-state index contributed by atoms with van der Waals surface area (Å²) in [5, 5.41) is 0. The summed E-state index contributed by atoms with van der Waals surface area (Å²) in [5.74, 6) is 0. The maximum absolute atomic E-state index is 12.6. The first kappa shape index (κ1) is 18.8. The van der Waals surface area contributed by atoms with Crippen LogP contribution in [0.25, 0.3) is 0 Å². The second-order valence-corrected chi connectivity index (χ2v) is 7.87. The highest BCUT2D eigenvalue weighted by Crippen LogP contribution is 2.30. The zero-order valence-corrected chi connectivity index (χ0v) is 14.5. The Morgan fingerprint density at radius 3 is 2.50 bits per heavy atom. The van der Waals surface area contributed by atoms with Gasteiger partial charge in [-0.05, 0) is 42.8 Å². The van der Waals surface area contributed by atoms with E-state index in [0.717, 1.165) is 30.0 Å². The van der Waals surface area contributed by atoms with Crippen LogP contribution in [0.5, 0.6) is 0 Å². The van der Waals surface area contributed by atoms with Crippen molar-refractivity contribution in [2.75, 3.05) is 13.1 Å². The summed E-state index contributed by atoms with van der Waals surface area (Å²) >= 11 is 0. The lowest BCUT2D eigenvalue weighted by Gasteiger charge is -2.17. The van der Waals surface area contributed by atoms with Crippen LogP contribution in [0.4, 0.5) is 13.2 Å². The minimum Gasteiger partial charge on any atom is -0.371 e. The van der Waals surface area contributed by atoms with Crippen LogP contribution in [-0.2, 0) is 27.5 Å². The topological polar surface area (TPSA) is 59.5 Å². The third-order valence-corrected chi connectivity index (χ3v) is 6.00. The van der Waals surface area contributed by atoms with E-state index in [1.54, 1.807) is 12.3 Å². The maximum atomic E-state index is 12.6. The predicted octanol–water partition coefficient (Wildman–Crippen LogP) is 3.08. The van der Waals surface area contributed by atoms with Crippen molar-refractivity contribution < 1.29 is 26.3 Å². The van der Waals surface area contributed by atoms with Crippen LogP contribution >= 0.6 is 0 Å². The fourth-order valence-corrected chi connectivity index (χ4v) is 4.19. The smallest absolute Gasteiger partial charge is 0.371 e. The zero-order valence-electron chi connectivity index (χ0n) is 13.7. The Balaban J connectivity index is 1.63. The fourth-order valence-electron chi connectivity index (χ4n) is 2.70. The Kier molecular flexibility index (Phi) is 5.31. The monoisotopic (exact) mass is 386 g/mol. The van der Waals surface area contributed by atoms with Gasteiger partial charge in [-0.15, -0.1) is 0 Å². The Bertz CT molecular complexity index is 840. The third-order valence-electron chi connectivity index (χ3n) is 4.12. The molecule has 140 valence electrons. The molecule has 0 bridgehead atoms. The number of sulfonamides is 1. The molecule has 0 radical (unpaired) electrons. The molecule has 1 fully saturated rings. The number of ether oxygens (including phenoxy) is 1. The first-order valence-corrected chi connectivity index (χ1v) is 9.40. The summed E-state index contributed by atoms with van der Waals surface area (Å²) < 4.78 is 70.0. The zero-order chi connectivity index (χ0) is 18.8. The van der Waals surface area contributed by atoms with E-state index in [2.05, 4.69) is 4.98 Å². The van der Waals surface area contributed by atoms with E-state index in [9.17, 15) is 21.6 Å². The molecule has 26 heavy (non-hydrogen) atoms. The Labute approximate surface area is 149 Å². The van der Waals surface area contributed by atoms with Crippen LogP contribution in [0.2, 0.25) is 0 Å². The number of pyridine rings is 1. The summed E-state index contributed by atoms with van der Waals surface area (Å²) in [6.45, 7) is 0.700. The SMILES string of the molecule is O=S(=O)(c1ccc(C(F)(F)F)cc1)N1CC[C@H](OCc2ccccn2)C1. The molecule has 0 saturated carbocycles. The van der Waals surface area contributed by atoms with Crippen LogP contribution in [0.15, 0.2) is 53.6 Å². The fraction of sp³-hybridized carbons (Fsp3) is 0.353. The molecular weight excluding hydrogens is 369 g/mol. The van der Waals surface area contributed by atoms with Gasteiger partial charge < -0.3 is 4.74 Å². The molecule has 9 heteroatoms. The molecule has 3 rings (SSSR count). The van der Waals surface area contributed by atoms with E-state index in [4.69, 9.17) is 4.74 Å². The van der Waals surface area contributed by atoms with Crippen LogP contribution < -0.4 is 0 Å². The maximum Gasteiger partial charge on any atom is 0.416 e. The molecule has 1 atom stereocenters. The molecular formula is C17H17F3N2O3S. The Morgan fingerprint density at radius 2 is 1.88 bits per heavy atom. The quantitative estimate of drug-likeness (QED) is 0.793. The summed E-state index contributed by atoms with van der Waals surface area (Å²) in [4.78, 5) is 3.98. The first-order valence-electron chi connectivity index (χ1n) is 7.96. The number of hydrogen-bond donors (Lipinski definition) is 0. The number of aromatic nitrogens is 1. The molecule has 0 amide bonds. The number of halogens is 3. The predicted molar refractivity (Wildman–Crippen MR) is 87.6 cm³/mol. The highest BCUT2D eigenvalue weighted by molar-refractivity contribution is 7.89. The van der Waals surface area contributed by atoms with Gasteiger partial charge in [-0.3, -0.25) is 4.98 Å². The van der Waals surface area contributed by atoms with Gasteiger partial charge in [0.15, 0.2) is 0 Å². The average Bonchev–Trinajstić information content (AvgIpc) is 3.10. The molecule has 1 aliphatic heterocycles. The highest BCUT2D eigenvalue weighted by Gasteiger charge is 2.34. The van der Waals surface area contributed by atoms with Gasteiger partial charge in [-0.1, -0.05) is 6.07 Å². The molecule has 0 aliphatic carbocycles. The molecule has 0 spiro atoms. The molecule has 5 nitrogen and oxygen atoms in total. The van der Waals surface area contributed by atoms with Crippen molar-refractivity contribution in [3.63, 3.8) is 0 Å². The lowest BCUT2D eigenvalue weighted by molar-refractivity contribution is -0.137. The molecule has 0 unspecified atom stereocenters. The van der Waals surface area contributed by atoms with Crippen LogP contribution in [0.1, 0.15) is 17.7 Å². The van der Waals surface area contributed by atoms with Crippen molar-refractivity contribution in [2.45, 2.75) is 30.2 Å². The van der Waals surface area contributed by atoms with E-state index in [1.807, 2.05) is 12.1 Å². The van der Waals surface area contributed by atoms with Crippen molar-refractivity contribution in [3.05, 3.63) is 59.9 Å². The molecule has 1 aromatic heterocycles. The lowest BCUT2D eigenvalue weighted by Crippen LogP contribution is -2.30. The Hall–Kier alpha value is -1.97. The van der Waals surface area contributed by atoms with Crippen molar-refractivity contribution in [2.24, 2.45) is 0 Å². The van der Waals surface area contributed by atoms with Crippen molar-refractivity contribution in [1.82, 2.24) is 9.29 Å². The van der Waals surface area contributed by atoms with Crippen molar-refractivity contribution in [1.29, 1.82) is 0 Å². The van der Waals surface area contributed by atoms with Crippen LogP contribution in [0.3, 0.4) is 0 Å². The number of benzene rings is 1. The number of alkyl halides is 3. The van der Waals surface area contributed by atoms with E-state index >= 15 is 0 Å². The van der Waals surface area contributed by atoms with Gasteiger partial charge in [-0.25, -0.2) is 8.42 Å². The number of hydrogen-bond acceptors (Lipinski definition) is 4. The molecule has 2 aromatic rings. The summed E-state index contributed by atoms with van der Waals surface area (Å²) in [6, 6.07) is 8.96. The summed E-state index contributed by atoms with van der Waals surface area (Å²) in [7, 11) is -3.85. The van der Waals surface area contributed by atoms with Gasteiger partial charge in [0.2, 0.25) is 10.0 Å². The minimum absolute atomic E-state index is 0.157. The first-order chi connectivity index (χ1) is 12.3. The summed E-state index contributed by atoms with van der Waals surface area (Å²) in [5.41, 5.74) is -0.133. The highest BCUT2D eigenvalue weighted by atomic mass is 32.2. The second kappa shape index (κ2) is 7.34. The van der Waals surface area contributed by atoms with Gasteiger partial charge in [0.25, 0.3) is 0 Å². The average molecular weight is 386 g/mol. The van der Waals surface area contributed by atoms with E-state index in [1.165, 1.54) is 4.31 Å². The van der Waals surface area contributed by atoms with E-state index in [-0.39, 0.29) is 30.7 Å². The van der Waals surface area contributed by atoms with E-state index < -0.39 is 21.8 Å². The van der Waals surface area contributed by atoms with Crippen LogP contribution in [0, 0.1) is 0 Å². The van der Waals surface area contributed by atoms with Gasteiger partial charge in [-0.2, -0.15) is 17.5 Å². The van der Waals surface area contributed by atoms with Crippen molar-refractivity contribution >= 4 is 10.0 Å². The van der Waals surface area contributed by atoms with Crippen molar-refractivity contribution in [3.8, 4) is 0 Å². The Morgan fingerprint density at radius 1 is 1.15 bits per heavy atom. The normalized spacial score (nSPS) is 19.0. The van der Waals surface area contributed by atoms with Gasteiger partial charge in [0.05, 0.1) is 28.9 Å². The molecule has 1 aromatic carbocycles. The largest absolute Gasteiger partial charge is 0.416 e. The lowest BCUT2D eigenvalue weighted by atomic mass is 10.2. The molecule has 2 heterocycles. The molecule has 1 saturated heterocycles. The summed E-state index contributed by atoms with van der Waals surface area (Å²) in [6.07, 6.45) is -2.61. The molecule has 1 aliphatic rings.